The number of halogens is 2. The Morgan fingerprint density at radius 1 is 1.14 bits per heavy atom. The van der Waals surface area contributed by atoms with Crippen LogP contribution in [0.25, 0.3) is 0 Å². The van der Waals surface area contributed by atoms with E-state index in [0.717, 1.165) is 0 Å². The van der Waals surface area contributed by atoms with Crippen LogP contribution in [0.15, 0.2) is 42.5 Å². The van der Waals surface area contributed by atoms with Gasteiger partial charge in [0, 0.05) is 15.6 Å². The largest absolute Gasteiger partial charge is 0.461 e. The molecule has 0 amide bonds. The Balaban J connectivity index is 1.98. The molecule has 5 heteroatoms. The van der Waals surface area contributed by atoms with E-state index in [2.05, 4.69) is 6.07 Å². The number of hydrogen-bond donors (Lipinski definition) is 0. The molecule has 0 fully saturated rings. The third kappa shape index (κ3) is 4.22. The zero-order valence-corrected chi connectivity index (χ0v) is 12.5. The number of ether oxygens (including phenoxy) is 1. The lowest BCUT2D eigenvalue weighted by Gasteiger charge is -2.07. The van der Waals surface area contributed by atoms with E-state index in [1.54, 1.807) is 42.5 Å². The quantitative estimate of drug-likeness (QED) is 0.795. The second-order valence-corrected chi connectivity index (χ2v) is 5.19. The topological polar surface area (TPSA) is 50.1 Å². The summed E-state index contributed by atoms with van der Waals surface area (Å²) in [6.45, 7) is 0.0633. The molecule has 0 aliphatic carbocycles. The van der Waals surface area contributed by atoms with E-state index in [9.17, 15) is 4.79 Å². The Hall–Kier alpha value is -2.02. The molecule has 0 radical (unpaired) electrons. The van der Waals surface area contributed by atoms with E-state index in [4.69, 9.17) is 33.2 Å². The second-order valence-electron chi connectivity index (χ2n) is 4.34. The summed E-state index contributed by atoms with van der Waals surface area (Å²) in [7, 11) is 0. The third-order valence-electron chi connectivity index (χ3n) is 2.88. The Morgan fingerprint density at radius 2 is 1.90 bits per heavy atom. The molecule has 21 heavy (non-hydrogen) atoms. The fourth-order valence-electron chi connectivity index (χ4n) is 1.79. The molecule has 0 saturated carbocycles. The second kappa shape index (κ2) is 7.12. The van der Waals surface area contributed by atoms with Gasteiger partial charge in [0.15, 0.2) is 0 Å². The highest BCUT2D eigenvalue weighted by Gasteiger charge is 2.10. The molecule has 0 aliphatic heterocycles. The molecule has 0 bridgehead atoms. The average molecular weight is 320 g/mol. The summed E-state index contributed by atoms with van der Waals surface area (Å²) in [5.41, 5.74) is 1.82. The van der Waals surface area contributed by atoms with Gasteiger partial charge in [-0.05, 0) is 23.8 Å². The van der Waals surface area contributed by atoms with Crippen LogP contribution < -0.4 is 0 Å². The summed E-state index contributed by atoms with van der Waals surface area (Å²) in [6, 6.07) is 14.0. The van der Waals surface area contributed by atoms with Gasteiger partial charge >= 0.3 is 5.97 Å². The molecular weight excluding hydrogens is 309 g/mol. The number of benzene rings is 2. The van der Waals surface area contributed by atoms with Crippen LogP contribution in [0.2, 0.25) is 10.0 Å². The Labute approximate surface area is 132 Å². The molecule has 3 nitrogen and oxygen atoms in total. The molecule has 0 spiro atoms. The Kier molecular flexibility index (Phi) is 5.21. The third-order valence-corrected chi connectivity index (χ3v) is 3.46. The summed E-state index contributed by atoms with van der Waals surface area (Å²) < 4.78 is 5.18. The monoisotopic (exact) mass is 319 g/mol. The van der Waals surface area contributed by atoms with Gasteiger partial charge in [-0.1, -0.05) is 47.5 Å². The van der Waals surface area contributed by atoms with Gasteiger partial charge in [0.05, 0.1) is 18.1 Å². The maximum absolute atomic E-state index is 11.8. The molecule has 106 valence electrons. The number of esters is 1. The number of nitrogens with zero attached hydrogens (tertiary/aromatic N) is 1. The van der Waals surface area contributed by atoms with E-state index < -0.39 is 5.97 Å². The Morgan fingerprint density at radius 3 is 2.62 bits per heavy atom. The molecule has 0 aliphatic rings. The molecule has 2 rings (SSSR count). The number of carbonyl (C=O) groups is 1. The van der Waals surface area contributed by atoms with E-state index in [-0.39, 0.29) is 13.0 Å². The van der Waals surface area contributed by atoms with Gasteiger partial charge in [-0.15, -0.1) is 0 Å². The van der Waals surface area contributed by atoms with Gasteiger partial charge in [-0.2, -0.15) is 5.26 Å². The predicted octanol–water partition coefficient (Wildman–Crippen LogP) is 4.15. The van der Waals surface area contributed by atoms with Crippen molar-refractivity contribution in [2.45, 2.75) is 13.0 Å². The van der Waals surface area contributed by atoms with Crippen molar-refractivity contribution in [3.05, 3.63) is 69.2 Å². The van der Waals surface area contributed by atoms with Crippen molar-refractivity contribution in [1.82, 2.24) is 0 Å². The summed E-state index contributed by atoms with van der Waals surface area (Å²) >= 11 is 11.8. The lowest BCUT2D eigenvalue weighted by molar-refractivity contribution is -0.144. The molecule has 2 aromatic carbocycles. The minimum Gasteiger partial charge on any atom is -0.461 e. The fourth-order valence-corrected chi connectivity index (χ4v) is 2.26. The summed E-state index contributed by atoms with van der Waals surface area (Å²) in [4.78, 5) is 11.8. The lowest BCUT2D eigenvalue weighted by Crippen LogP contribution is -2.09. The number of hydrogen-bond acceptors (Lipinski definition) is 3. The van der Waals surface area contributed by atoms with Crippen LogP contribution in [0, 0.1) is 11.3 Å². The minimum atomic E-state index is -0.410. The maximum Gasteiger partial charge on any atom is 0.310 e. The van der Waals surface area contributed by atoms with Crippen molar-refractivity contribution in [3.63, 3.8) is 0 Å². The zero-order valence-electron chi connectivity index (χ0n) is 11.0. The molecular formula is C16H11Cl2NO2. The van der Waals surface area contributed by atoms with Crippen LogP contribution in [0.5, 0.6) is 0 Å². The van der Waals surface area contributed by atoms with Crippen LogP contribution in [-0.2, 0) is 22.6 Å². The van der Waals surface area contributed by atoms with Gasteiger partial charge in [0.2, 0.25) is 0 Å². The van der Waals surface area contributed by atoms with Crippen molar-refractivity contribution < 1.29 is 9.53 Å². The molecule has 0 unspecified atom stereocenters. The van der Waals surface area contributed by atoms with Crippen molar-refractivity contribution in [3.8, 4) is 6.07 Å². The first kappa shape index (κ1) is 15.4. The van der Waals surface area contributed by atoms with Crippen molar-refractivity contribution >= 4 is 29.2 Å². The van der Waals surface area contributed by atoms with Gasteiger partial charge in [0.25, 0.3) is 0 Å². The first-order chi connectivity index (χ1) is 10.1. The van der Waals surface area contributed by atoms with E-state index in [0.29, 0.717) is 26.7 Å². The van der Waals surface area contributed by atoms with Crippen LogP contribution in [0.1, 0.15) is 16.7 Å². The molecule has 0 aromatic heterocycles. The molecule has 2 aromatic rings. The van der Waals surface area contributed by atoms with Crippen LogP contribution in [-0.4, -0.2) is 5.97 Å². The number of carbonyl (C=O) groups excluding carboxylic acids is 1. The van der Waals surface area contributed by atoms with E-state index >= 15 is 0 Å². The first-order valence-corrected chi connectivity index (χ1v) is 6.93. The van der Waals surface area contributed by atoms with E-state index in [1.165, 1.54) is 0 Å². The molecule has 0 saturated heterocycles. The number of rotatable bonds is 4. The van der Waals surface area contributed by atoms with Crippen LogP contribution in [0.4, 0.5) is 0 Å². The molecule has 0 heterocycles. The van der Waals surface area contributed by atoms with Gasteiger partial charge in [-0.3, -0.25) is 4.79 Å². The van der Waals surface area contributed by atoms with Gasteiger partial charge in [0.1, 0.15) is 6.61 Å². The first-order valence-electron chi connectivity index (χ1n) is 6.17. The minimum absolute atomic E-state index is 0.0602. The highest BCUT2D eigenvalue weighted by Crippen LogP contribution is 2.21. The van der Waals surface area contributed by atoms with Gasteiger partial charge < -0.3 is 4.74 Å². The van der Waals surface area contributed by atoms with Crippen LogP contribution >= 0.6 is 23.2 Å². The fraction of sp³-hybridized carbons (Fsp3) is 0.125. The van der Waals surface area contributed by atoms with Crippen molar-refractivity contribution in [2.75, 3.05) is 0 Å². The number of nitriles is 1. The molecule has 0 atom stereocenters. The molecule has 0 N–H and O–H groups in total. The smallest absolute Gasteiger partial charge is 0.310 e. The highest BCUT2D eigenvalue weighted by molar-refractivity contribution is 6.35. The Bertz CT molecular complexity index is 708. The standard InChI is InChI=1S/C16H11Cl2NO2/c17-14-6-5-11(15(18)8-14)7-16(20)21-10-13-4-2-1-3-12(13)9-19/h1-6,8H,7,10H2. The van der Waals surface area contributed by atoms with Crippen LogP contribution in [0.3, 0.4) is 0 Å². The zero-order chi connectivity index (χ0) is 15.2. The normalized spacial score (nSPS) is 9.95. The highest BCUT2D eigenvalue weighted by atomic mass is 35.5. The summed E-state index contributed by atoms with van der Waals surface area (Å²) in [5.74, 6) is -0.410. The van der Waals surface area contributed by atoms with E-state index in [1.807, 2.05) is 0 Å². The SMILES string of the molecule is N#Cc1ccccc1COC(=O)Cc1ccc(Cl)cc1Cl. The van der Waals surface area contributed by atoms with Crippen molar-refractivity contribution in [2.24, 2.45) is 0 Å². The summed E-state index contributed by atoms with van der Waals surface area (Å²) in [6.07, 6.45) is 0.0602. The predicted molar refractivity (Wildman–Crippen MR) is 81.1 cm³/mol. The average Bonchev–Trinajstić information content (AvgIpc) is 2.48. The maximum atomic E-state index is 11.8. The summed E-state index contributed by atoms with van der Waals surface area (Å²) in [5, 5.41) is 9.90. The lowest BCUT2D eigenvalue weighted by atomic mass is 10.1. The van der Waals surface area contributed by atoms with Crippen molar-refractivity contribution in [1.29, 1.82) is 5.26 Å². The van der Waals surface area contributed by atoms with Gasteiger partial charge in [-0.25, -0.2) is 0 Å².